The third kappa shape index (κ3) is 5.14. The summed E-state index contributed by atoms with van der Waals surface area (Å²) in [5.41, 5.74) is 5.15. The number of carbonyl (C=O) groups is 1. The van der Waals surface area contributed by atoms with E-state index < -0.39 is 5.60 Å². The molecule has 0 saturated heterocycles. The van der Waals surface area contributed by atoms with Crippen LogP contribution in [0.4, 0.5) is 4.79 Å². The zero-order chi connectivity index (χ0) is 23.4. The van der Waals surface area contributed by atoms with Crippen molar-refractivity contribution < 1.29 is 14.3 Å². The molecule has 0 bridgehead atoms. The van der Waals surface area contributed by atoms with Crippen LogP contribution in [0, 0.1) is 0 Å². The van der Waals surface area contributed by atoms with Crippen LogP contribution in [-0.4, -0.2) is 51.7 Å². The van der Waals surface area contributed by atoms with E-state index in [2.05, 4.69) is 27.1 Å². The van der Waals surface area contributed by atoms with Gasteiger partial charge in [-0.1, -0.05) is 30.3 Å². The second-order valence-electron chi connectivity index (χ2n) is 8.76. The van der Waals surface area contributed by atoms with Gasteiger partial charge in [-0.3, -0.25) is 9.97 Å². The van der Waals surface area contributed by atoms with Crippen molar-refractivity contribution in [3.05, 3.63) is 67.1 Å². The van der Waals surface area contributed by atoms with Crippen LogP contribution in [0.25, 0.3) is 33.4 Å². The Hall–Kier alpha value is -3.87. The summed E-state index contributed by atoms with van der Waals surface area (Å²) in [6.45, 7) is 6.21. The minimum atomic E-state index is -0.541. The van der Waals surface area contributed by atoms with Crippen molar-refractivity contribution in [2.24, 2.45) is 0 Å². The van der Waals surface area contributed by atoms with Crippen molar-refractivity contribution in [2.75, 3.05) is 20.2 Å². The highest BCUT2D eigenvalue weighted by molar-refractivity contribution is 6.02. The topological polar surface area (TPSA) is 80.3 Å². The van der Waals surface area contributed by atoms with Crippen molar-refractivity contribution >= 4 is 17.1 Å². The molecule has 1 N–H and O–H groups in total. The number of aromatic nitrogens is 3. The fourth-order valence-corrected chi connectivity index (χ4v) is 3.53. The summed E-state index contributed by atoms with van der Waals surface area (Å²) >= 11 is 0. The minimum absolute atomic E-state index is 0.299. The first-order valence-corrected chi connectivity index (χ1v) is 10.9. The van der Waals surface area contributed by atoms with Gasteiger partial charge in [-0.05, 0) is 44.5 Å². The first kappa shape index (κ1) is 22.3. The molecule has 0 spiro atoms. The number of hydrogen-bond donors (Lipinski definition) is 1. The van der Waals surface area contributed by atoms with E-state index in [0.29, 0.717) is 18.9 Å². The molecule has 1 aromatic carbocycles. The SMILES string of the molecule is CN(CCOc1cnccc1-c1[nH]c2cccnc2c1-c1ccccc1)C(=O)OC(C)(C)C. The number of pyridine rings is 2. The van der Waals surface area contributed by atoms with Crippen molar-refractivity contribution in [1.29, 1.82) is 0 Å². The highest BCUT2D eigenvalue weighted by Crippen LogP contribution is 2.40. The second-order valence-corrected chi connectivity index (χ2v) is 8.76. The lowest BCUT2D eigenvalue weighted by molar-refractivity contribution is 0.0278. The van der Waals surface area contributed by atoms with E-state index in [-0.39, 0.29) is 6.09 Å². The number of benzene rings is 1. The van der Waals surface area contributed by atoms with Crippen LogP contribution in [0.15, 0.2) is 67.1 Å². The van der Waals surface area contributed by atoms with Crippen molar-refractivity contribution in [1.82, 2.24) is 19.9 Å². The normalized spacial score (nSPS) is 11.4. The second kappa shape index (κ2) is 9.32. The lowest BCUT2D eigenvalue weighted by Gasteiger charge is -2.24. The van der Waals surface area contributed by atoms with Crippen LogP contribution in [0.3, 0.4) is 0 Å². The number of fused-ring (bicyclic) bond motifs is 1. The lowest BCUT2D eigenvalue weighted by atomic mass is 10.0. The van der Waals surface area contributed by atoms with Gasteiger partial charge in [-0.2, -0.15) is 0 Å². The number of H-pyrrole nitrogens is 1. The van der Waals surface area contributed by atoms with Crippen LogP contribution in [0.2, 0.25) is 0 Å². The number of likely N-dealkylation sites (N-methyl/N-ethyl adjacent to an activating group) is 1. The van der Waals surface area contributed by atoms with E-state index in [4.69, 9.17) is 9.47 Å². The summed E-state index contributed by atoms with van der Waals surface area (Å²) in [5, 5.41) is 0. The number of carbonyl (C=O) groups excluding carboxylic acids is 1. The molecule has 0 radical (unpaired) electrons. The van der Waals surface area contributed by atoms with E-state index in [1.165, 1.54) is 4.90 Å². The van der Waals surface area contributed by atoms with Gasteiger partial charge in [0.1, 0.15) is 18.0 Å². The Bertz CT molecular complexity index is 1250. The molecule has 0 aliphatic heterocycles. The fourth-order valence-electron chi connectivity index (χ4n) is 3.53. The maximum absolute atomic E-state index is 12.2. The summed E-state index contributed by atoms with van der Waals surface area (Å²) in [6, 6.07) is 16.0. The van der Waals surface area contributed by atoms with Gasteiger partial charge >= 0.3 is 6.09 Å². The Kier molecular flexibility index (Phi) is 6.31. The standard InChI is InChI=1S/C26H28N4O3/c1-26(2,3)33-25(31)30(4)15-16-32-21-17-27-14-12-19(21)23-22(18-9-6-5-7-10-18)24-20(29-23)11-8-13-28-24/h5-14,17,29H,15-16H2,1-4H3. The van der Waals surface area contributed by atoms with E-state index in [1.54, 1.807) is 25.6 Å². The van der Waals surface area contributed by atoms with Gasteiger partial charge in [-0.15, -0.1) is 0 Å². The molecule has 1 amide bonds. The van der Waals surface area contributed by atoms with Crippen LogP contribution >= 0.6 is 0 Å². The summed E-state index contributed by atoms with van der Waals surface area (Å²) in [6.07, 6.45) is 4.84. The summed E-state index contributed by atoms with van der Waals surface area (Å²) in [4.78, 5) is 26.1. The van der Waals surface area contributed by atoms with Gasteiger partial charge in [0, 0.05) is 30.6 Å². The number of nitrogens with zero attached hydrogens (tertiary/aromatic N) is 3. The molecule has 0 saturated carbocycles. The highest BCUT2D eigenvalue weighted by Gasteiger charge is 2.21. The Morgan fingerprint density at radius 3 is 2.61 bits per heavy atom. The third-order valence-corrected chi connectivity index (χ3v) is 5.06. The van der Waals surface area contributed by atoms with Gasteiger partial charge < -0.3 is 19.4 Å². The fraction of sp³-hybridized carbons (Fsp3) is 0.269. The van der Waals surface area contributed by atoms with Crippen molar-refractivity contribution in [3.63, 3.8) is 0 Å². The molecule has 0 atom stereocenters. The molecular weight excluding hydrogens is 416 g/mol. The summed E-state index contributed by atoms with van der Waals surface area (Å²) in [7, 11) is 1.69. The lowest BCUT2D eigenvalue weighted by Crippen LogP contribution is -2.36. The van der Waals surface area contributed by atoms with Crippen molar-refractivity contribution in [2.45, 2.75) is 26.4 Å². The molecule has 0 unspecified atom stereocenters. The highest BCUT2D eigenvalue weighted by atomic mass is 16.6. The Morgan fingerprint density at radius 1 is 1.06 bits per heavy atom. The first-order valence-electron chi connectivity index (χ1n) is 10.9. The summed E-state index contributed by atoms with van der Waals surface area (Å²) in [5.74, 6) is 0.624. The van der Waals surface area contributed by atoms with Gasteiger partial charge in [0.05, 0.1) is 29.5 Å². The minimum Gasteiger partial charge on any atom is -0.489 e. The molecule has 0 aliphatic rings. The molecule has 4 rings (SSSR count). The van der Waals surface area contributed by atoms with Crippen LogP contribution in [0.1, 0.15) is 20.8 Å². The van der Waals surface area contributed by atoms with Gasteiger partial charge in [0.25, 0.3) is 0 Å². The molecule has 7 nitrogen and oxygen atoms in total. The average Bonchev–Trinajstić information content (AvgIpc) is 3.18. The molecule has 4 aromatic rings. The monoisotopic (exact) mass is 444 g/mol. The number of amides is 1. The molecule has 33 heavy (non-hydrogen) atoms. The predicted octanol–water partition coefficient (Wildman–Crippen LogP) is 5.54. The number of rotatable bonds is 6. The molecule has 3 aromatic heterocycles. The number of hydrogen-bond acceptors (Lipinski definition) is 5. The van der Waals surface area contributed by atoms with E-state index in [9.17, 15) is 4.79 Å². The molecule has 170 valence electrons. The van der Waals surface area contributed by atoms with Gasteiger partial charge in [0.2, 0.25) is 0 Å². The first-order chi connectivity index (χ1) is 15.8. The molecule has 3 heterocycles. The van der Waals surface area contributed by atoms with Crippen LogP contribution < -0.4 is 4.74 Å². The smallest absolute Gasteiger partial charge is 0.410 e. The maximum Gasteiger partial charge on any atom is 0.410 e. The zero-order valence-corrected chi connectivity index (χ0v) is 19.3. The summed E-state index contributed by atoms with van der Waals surface area (Å²) < 4.78 is 11.5. The zero-order valence-electron chi connectivity index (χ0n) is 19.3. The van der Waals surface area contributed by atoms with Gasteiger partial charge in [-0.25, -0.2) is 4.79 Å². The van der Waals surface area contributed by atoms with E-state index in [0.717, 1.165) is 33.4 Å². The Morgan fingerprint density at radius 2 is 1.85 bits per heavy atom. The van der Waals surface area contributed by atoms with Crippen molar-refractivity contribution in [3.8, 4) is 28.1 Å². The molecular formula is C26H28N4O3. The maximum atomic E-state index is 12.2. The Labute approximate surface area is 193 Å². The van der Waals surface area contributed by atoms with Crippen LogP contribution in [0.5, 0.6) is 5.75 Å². The quantitative estimate of drug-likeness (QED) is 0.422. The van der Waals surface area contributed by atoms with E-state index >= 15 is 0 Å². The third-order valence-electron chi connectivity index (χ3n) is 5.06. The molecule has 7 heteroatoms. The number of nitrogens with one attached hydrogen (secondary N) is 1. The number of ether oxygens (including phenoxy) is 2. The Balaban J connectivity index is 1.62. The molecule has 0 fully saturated rings. The van der Waals surface area contributed by atoms with E-state index in [1.807, 2.05) is 57.2 Å². The van der Waals surface area contributed by atoms with Crippen LogP contribution in [-0.2, 0) is 4.74 Å². The van der Waals surface area contributed by atoms with Gasteiger partial charge in [0.15, 0.2) is 0 Å². The predicted molar refractivity (Wildman–Crippen MR) is 129 cm³/mol. The average molecular weight is 445 g/mol. The number of aromatic amines is 1. The largest absolute Gasteiger partial charge is 0.489 e. The molecule has 0 aliphatic carbocycles.